The summed E-state index contributed by atoms with van der Waals surface area (Å²) in [6.45, 7) is 8.55. The Balaban J connectivity index is 2.77. The van der Waals surface area contributed by atoms with Gasteiger partial charge in [0.05, 0.1) is 0 Å². The number of hydrogen-bond acceptors (Lipinski definition) is 4. The number of rotatable bonds is 6. The minimum absolute atomic E-state index is 0.579. The molecule has 0 aromatic carbocycles. The van der Waals surface area contributed by atoms with Crippen molar-refractivity contribution in [3.8, 4) is 0 Å². The van der Waals surface area contributed by atoms with E-state index in [1.807, 2.05) is 6.07 Å². The van der Waals surface area contributed by atoms with Crippen LogP contribution in [-0.2, 0) is 6.54 Å². The molecule has 1 heterocycles. The standard InChI is InChI=1S/C12H22N4/c1-4-10(3)16(5-2)9-11-7-6-8-14-12(11)15-13/h6-8,10H,4-5,9,13H2,1-3H3,(H,14,15). The summed E-state index contributed by atoms with van der Waals surface area (Å²) in [5.41, 5.74) is 3.79. The largest absolute Gasteiger partial charge is 0.308 e. The quantitative estimate of drug-likeness (QED) is 0.571. The average Bonchev–Trinajstić information content (AvgIpc) is 2.35. The zero-order chi connectivity index (χ0) is 12.0. The van der Waals surface area contributed by atoms with E-state index in [0.29, 0.717) is 6.04 Å². The first-order valence-corrected chi connectivity index (χ1v) is 5.87. The lowest BCUT2D eigenvalue weighted by Gasteiger charge is -2.27. The molecule has 0 amide bonds. The first-order chi connectivity index (χ1) is 7.72. The molecule has 0 spiro atoms. The van der Waals surface area contributed by atoms with Gasteiger partial charge in [0.15, 0.2) is 0 Å². The molecule has 0 radical (unpaired) electrons. The fraction of sp³-hybridized carbons (Fsp3) is 0.583. The molecule has 3 N–H and O–H groups in total. The molecule has 0 saturated carbocycles. The maximum atomic E-state index is 5.45. The van der Waals surface area contributed by atoms with Crippen molar-refractivity contribution in [1.82, 2.24) is 9.88 Å². The Kier molecular flexibility index (Phi) is 5.22. The van der Waals surface area contributed by atoms with Crippen LogP contribution in [0.25, 0.3) is 0 Å². The molecule has 4 nitrogen and oxygen atoms in total. The predicted octanol–water partition coefficient (Wildman–Crippen LogP) is 1.99. The number of nitrogens with one attached hydrogen (secondary N) is 1. The SMILES string of the molecule is CCC(C)N(CC)Cc1cccnc1NN. The normalized spacial score (nSPS) is 12.8. The van der Waals surface area contributed by atoms with Crippen LogP contribution in [0.2, 0.25) is 0 Å². The third-order valence-electron chi connectivity index (χ3n) is 3.02. The molecule has 0 aliphatic heterocycles. The van der Waals surface area contributed by atoms with Crippen molar-refractivity contribution in [2.45, 2.75) is 39.8 Å². The highest BCUT2D eigenvalue weighted by Gasteiger charge is 2.12. The smallest absolute Gasteiger partial charge is 0.144 e. The van der Waals surface area contributed by atoms with Gasteiger partial charge in [0.25, 0.3) is 0 Å². The van der Waals surface area contributed by atoms with Crippen molar-refractivity contribution < 1.29 is 0 Å². The maximum Gasteiger partial charge on any atom is 0.144 e. The fourth-order valence-electron chi connectivity index (χ4n) is 1.75. The lowest BCUT2D eigenvalue weighted by molar-refractivity contribution is 0.206. The first kappa shape index (κ1) is 12.9. The summed E-state index contributed by atoms with van der Waals surface area (Å²) >= 11 is 0. The molecule has 1 aromatic rings. The Labute approximate surface area is 97.8 Å². The zero-order valence-electron chi connectivity index (χ0n) is 10.4. The summed E-state index contributed by atoms with van der Waals surface area (Å²) in [4.78, 5) is 6.62. The molecule has 0 aliphatic rings. The predicted molar refractivity (Wildman–Crippen MR) is 67.9 cm³/mol. The van der Waals surface area contributed by atoms with E-state index in [4.69, 9.17) is 5.84 Å². The van der Waals surface area contributed by atoms with E-state index >= 15 is 0 Å². The van der Waals surface area contributed by atoms with Gasteiger partial charge in [-0.3, -0.25) is 4.90 Å². The third kappa shape index (κ3) is 3.18. The van der Waals surface area contributed by atoms with Crippen LogP contribution in [-0.4, -0.2) is 22.5 Å². The van der Waals surface area contributed by atoms with E-state index in [1.165, 1.54) is 0 Å². The molecule has 0 fully saturated rings. The van der Waals surface area contributed by atoms with Gasteiger partial charge in [0.2, 0.25) is 0 Å². The van der Waals surface area contributed by atoms with Crippen LogP contribution in [0.1, 0.15) is 32.8 Å². The second-order valence-corrected chi connectivity index (χ2v) is 3.98. The van der Waals surface area contributed by atoms with Crippen LogP contribution < -0.4 is 11.3 Å². The molecule has 0 saturated heterocycles. The Morgan fingerprint density at radius 3 is 2.81 bits per heavy atom. The minimum Gasteiger partial charge on any atom is -0.308 e. The van der Waals surface area contributed by atoms with Crippen LogP contribution in [0.5, 0.6) is 0 Å². The number of nitrogens with two attached hydrogens (primary N) is 1. The van der Waals surface area contributed by atoms with E-state index in [-0.39, 0.29) is 0 Å². The second kappa shape index (κ2) is 6.45. The van der Waals surface area contributed by atoms with Crippen molar-refractivity contribution in [3.05, 3.63) is 23.9 Å². The Morgan fingerprint density at radius 1 is 1.50 bits per heavy atom. The van der Waals surface area contributed by atoms with Crippen molar-refractivity contribution in [2.24, 2.45) is 5.84 Å². The number of hydrogen-bond donors (Lipinski definition) is 2. The van der Waals surface area contributed by atoms with Gasteiger partial charge >= 0.3 is 0 Å². The topological polar surface area (TPSA) is 54.2 Å². The average molecular weight is 222 g/mol. The van der Waals surface area contributed by atoms with Crippen LogP contribution in [0.15, 0.2) is 18.3 Å². The monoisotopic (exact) mass is 222 g/mol. The molecular formula is C12H22N4. The van der Waals surface area contributed by atoms with Gasteiger partial charge in [-0.1, -0.05) is 19.9 Å². The summed E-state index contributed by atoms with van der Waals surface area (Å²) in [6, 6.07) is 4.59. The van der Waals surface area contributed by atoms with Crippen molar-refractivity contribution >= 4 is 5.82 Å². The summed E-state index contributed by atoms with van der Waals surface area (Å²) in [7, 11) is 0. The summed E-state index contributed by atoms with van der Waals surface area (Å²) in [5, 5.41) is 0. The minimum atomic E-state index is 0.579. The number of pyridine rings is 1. The molecule has 1 unspecified atom stereocenters. The summed E-state index contributed by atoms with van der Waals surface area (Å²) in [5.74, 6) is 6.21. The molecule has 90 valence electrons. The molecule has 0 aliphatic carbocycles. The van der Waals surface area contributed by atoms with Crippen molar-refractivity contribution in [3.63, 3.8) is 0 Å². The van der Waals surface area contributed by atoms with Crippen LogP contribution in [0.3, 0.4) is 0 Å². The van der Waals surface area contributed by atoms with Gasteiger partial charge in [-0.2, -0.15) is 0 Å². The Morgan fingerprint density at radius 2 is 2.25 bits per heavy atom. The van der Waals surface area contributed by atoms with E-state index in [1.54, 1.807) is 6.20 Å². The zero-order valence-corrected chi connectivity index (χ0v) is 10.4. The highest BCUT2D eigenvalue weighted by molar-refractivity contribution is 5.42. The van der Waals surface area contributed by atoms with Crippen LogP contribution in [0, 0.1) is 0 Å². The van der Waals surface area contributed by atoms with Crippen LogP contribution in [0.4, 0.5) is 5.82 Å². The van der Waals surface area contributed by atoms with Gasteiger partial charge in [-0.15, -0.1) is 0 Å². The molecule has 0 bridgehead atoms. The number of aromatic nitrogens is 1. The highest BCUT2D eigenvalue weighted by Crippen LogP contribution is 2.15. The summed E-state index contributed by atoms with van der Waals surface area (Å²) in [6.07, 6.45) is 2.90. The van der Waals surface area contributed by atoms with Gasteiger partial charge < -0.3 is 5.43 Å². The maximum absolute atomic E-state index is 5.45. The summed E-state index contributed by atoms with van der Waals surface area (Å²) < 4.78 is 0. The molecule has 1 aromatic heterocycles. The molecule has 1 atom stereocenters. The Hall–Kier alpha value is -1.13. The van der Waals surface area contributed by atoms with Crippen molar-refractivity contribution in [2.75, 3.05) is 12.0 Å². The number of nitrogen functional groups attached to an aromatic ring is 1. The third-order valence-corrected chi connectivity index (χ3v) is 3.02. The first-order valence-electron chi connectivity index (χ1n) is 5.87. The van der Waals surface area contributed by atoms with Crippen molar-refractivity contribution in [1.29, 1.82) is 0 Å². The number of anilines is 1. The lowest BCUT2D eigenvalue weighted by atomic mass is 10.1. The number of nitrogens with zero attached hydrogens (tertiary/aromatic N) is 2. The van der Waals surface area contributed by atoms with E-state index < -0.39 is 0 Å². The molecule has 16 heavy (non-hydrogen) atoms. The van der Waals surface area contributed by atoms with Gasteiger partial charge in [-0.25, -0.2) is 10.8 Å². The second-order valence-electron chi connectivity index (χ2n) is 3.98. The van der Waals surface area contributed by atoms with E-state index in [9.17, 15) is 0 Å². The van der Waals surface area contributed by atoms with Gasteiger partial charge in [-0.05, 0) is 26.0 Å². The highest BCUT2D eigenvalue weighted by atomic mass is 15.3. The van der Waals surface area contributed by atoms with Gasteiger partial charge in [0.1, 0.15) is 5.82 Å². The fourth-order valence-corrected chi connectivity index (χ4v) is 1.75. The molecule has 4 heteroatoms. The number of hydrazine groups is 1. The van der Waals surface area contributed by atoms with E-state index in [0.717, 1.165) is 30.9 Å². The van der Waals surface area contributed by atoms with E-state index in [2.05, 4.69) is 42.1 Å². The Bertz CT molecular complexity index is 314. The molecule has 1 rings (SSSR count). The molecular weight excluding hydrogens is 200 g/mol. The lowest BCUT2D eigenvalue weighted by Crippen LogP contribution is -2.32. The van der Waals surface area contributed by atoms with Gasteiger partial charge in [0, 0.05) is 24.3 Å². The van der Waals surface area contributed by atoms with Crippen LogP contribution >= 0.6 is 0 Å².